The fraction of sp³-hybridized carbons (Fsp3) is 0.333. The van der Waals surface area contributed by atoms with Gasteiger partial charge in [-0.2, -0.15) is 0 Å². The minimum Gasteiger partial charge on any atom is -0.491 e. The Bertz CT molecular complexity index is 401. The van der Waals surface area contributed by atoms with Crippen molar-refractivity contribution in [2.45, 2.75) is 33.8 Å². The lowest BCUT2D eigenvalue weighted by atomic mass is 10.2. The van der Waals surface area contributed by atoms with Crippen LogP contribution in [-0.4, -0.2) is 6.10 Å². The van der Waals surface area contributed by atoms with Crippen LogP contribution in [0.4, 0.5) is 0 Å². The molecular weight excluding hydrogens is 228 g/mol. The molecule has 0 aliphatic rings. The summed E-state index contributed by atoms with van der Waals surface area (Å²) in [5.41, 5.74) is 1.25. The molecule has 1 nitrogen and oxygen atoms in total. The monoisotopic (exact) mass is 248 g/mol. The predicted molar refractivity (Wildman–Crippen MR) is 76.9 cm³/mol. The summed E-state index contributed by atoms with van der Waals surface area (Å²) in [6.45, 7) is 8.07. The summed E-state index contributed by atoms with van der Waals surface area (Å²) in [7, 11) is 0. The third-order valence-corrected chi connectivity index (χ3v) is 2.95. The van der Waals surface area contributed by atoms with Crippen molar-refractivity contribution in [2.24, 2.45) is 0 Å². The van der Waals surface area contributed by atoms with E-state index in [0.29, 0.717) is 0 Å². The van der Waals surface area contributed by atoms with E-state index >= 15 is 0 Å². The topological polar surface area (TPSA) is 9.23 Å². The smallest absolute Gasteiger partial charge is 0.119 e. The SMILES string of the molecule is CC.CC(C)Oc1ccc(-c2cccs2)cc1. The van der Waals surface area contributed by atoms with Crippen LogP contribution in [0, 0.1) is 0 Å². The number of thiophene rings is 1. The van der Waals surface area contributed by atoms with Crippen molar-refractivity contribution in [3.05, 3.63) is 41.8 Å². The lowest BCUT2D eigenvalue weighted by Gasteiger charge is -2.09. The van der Waals surface area contributed by atoms with Gasteiger partial charge in [0.05, 0.1) is 6.10 Å². The number of hydrogen-bond acceptors (Lipinski definition) is 2. The van der Waals surface area contributed by atoms with Crippen LogP contribution in [0.1, 0.15) is 27.7 Å². The van der Waals surface area contributed by atoms with Crippen LogP contribution in [0.25, 0.3) is 10.4 Å². The van der Waals surface area contributed by atoms with Gasteiger partial charge in [-0.15, -0.1) is 11.3 Å². The first-order chi connectivity index (χ1) is 8.25. The van der Waals surface area contributed by atoms with Crippen molar-refractivity contribution in [1.29, 1.82) is 0 Å². The van der Waals surface area contributed by atoms with Crippen molar-refractivity contribution < 1.29 is 4.74 Å². The van der Waals surface area contributed by atoms with Gasteiger partial charge in [-0.1, -0.05) is 19.9 Å². The van der Waals surface area contributed by atoms with Crippen LogP contribution in [0.15, 0.2) is 41.8 Å². The van der Waals surface area contributed by atoms with E-state index in [1.54, 1.807) is 11.3 Å². The van der Waals surface area contributed by atoms with E-state index in [-0.39, 0.29) is 6.10 Å². The van der Waals surface area contributed by atoms with Gasteiger partial charge in [-0.05, 0) is 55.1 Å². The number of rotatable bonds is 3. The van der Waals surface area contributed by atoms with Gasteiger partial charge in [-0.3, -0.25) is 0 Å². The molecule has 0 aliphatic heterocycles. The standard InChI is InChI=1S/C13H14OS.C2H6/c1-10(2)14-12-7-5-11(6-8-12)13-4-3-9-15-13;1-2/h3-10H,1-2H3;1-2H3. The van der Waals surface area contributed by atoms with Gasteiger partial charge in [0, 0.05) is 4.88 Å². The summed E-state index contributed by atoms with van der Waals surface area (Å²) in [6, 6.07) is 12.4. The first-order valence-electron chi connectivity index (χ1n) is 6.06. The van der Waals surface area contributed by atoms with Gasteiger partial charge in [-0.25, -0.2) is 0 Å². The molecule has 92 valence electrons. The first-order valence-corrected chi connectivity index (χ1v) is 6.94. The maximum atomic E-state index is 5.59. The quantitative estimate of drug-likeness (QED) is 0.722. The molecule has 0 saturated carbocycles. The molecule has 2 rings (SSSR count). The zero-order valence-corrected chi connectivity index (χ0v) is 11.8. The molecule has 0 N–H and O–H groups in total. The Balaban J connectivity index is 0.000000686. The number of benzene rings is 1. The number of hydrogen-bond donors (Lipinski definition) is 0. The zero-order chi connectivity index (χ0) is 12.7. The summed E-state index contributed by atoms with van der Waals surface area (Å²) in [4.78, 5) is 1.30. The van der Waals surface area contributed by atoms with Gasteiger partial charge >= 0.3 is 0 Å². The van der Waals surface area contributed by atoms with Gasteiger partial charge < -0.3 is 4.74 Å². The molecule has 0 radical (unpaired) electrons. The summed E-state index contributed by atoms with van der Waals surface area (Å²) >= 11 is 1.75. The second kappa shape index (κ2) is 7.13. The maximum absolute atomic E-state index is 5.59. The van der Waals surface area contributed by atoms with E-state index in [2.05, 4.69) is 29.6 Å². The molecule has 2 heteroatoms. The molecule has 0 bridgehead atoms. The Hall–Kier alpha value is -1.28. The Morgan fingerprint density at radius 1 is 1.00 bits per heavy atom. The summed E-state index contributed by atoms with van der Waals surface area (Å²) in [6.07, 6.45) is 0.234. The van der Waals surface area contributed by atoms with Gasteiger partial charge in [0.15, 0.2) is 0 Å². The van der Waals surface area contributed by atoms with E-state index in [1.165, 1.54) is 10.4 Å². The van der Waals surface area contributed by atoms with E-state index in [1.807, 2.05) is 39.8 Å². The maximum Gasteiger partial charge on any atom is 0.119 e. The molecule has 2 aromatic rings. The lowest BCUT2D eigenvalue weighted by Crippen LogP contribution is -2.04. The summed E-state index contributed by atoms with van der Waals surface area (Å²) in [5.74, 6) is 0.935. The van der Waals surface area contributed by atoms with Crippen LogP contribution in [0.5, 0.6) is 5.75 Å². The zero-order valence-electron chi connectivity index (χ0n) is 10.9. The largest absolute Gasteiger partial charge is 0.491 e. The molecule has 0 amide bonds. The van der Waals surface area contributed by atoms with Gasteiger partial charge in [0.25, 0.3) is 0 Å². The Morgan fingerprint density at radius 3 is 2.12 bits per heavy atom. The minimum absolute atomic E-state index is 0.234. The van der Waals surface area contributed by atoms with E-state index in [9.17, 15) is 0 Å². The highest BCUT2D eigenvalue weighted by atomic mass is 32.1. The molecule has 0 atom stereocenters. The molecule has 1 aromatic heterocycles. The van der Waals surface area contributed by atoms with Crippen molar-refractivity contribution in [3.63, 3.8) is 0 Å². The molecular formula is C15H20OS. The average Bonchev–Trinajstić information content (AvgIpc) is 2.85. The third kappa shape index (κ3) is 4.23. The average molecular weight is 248 g/mol. The fourth-order valence-corrected chi connectivity index (χ4v) is 2.15. The van der Waals surface area contributed by atoms with Crippen LogP contribution in [0.3, 0.4) is 0 Å². The van der Waals surface area contributed by atoms with Gasteiger partial charge in [0.1, 0.15) is 5.75 Å². The van der Waals surface area contributed by atoms with Crippen molar-refractivity contribution in [2.75, 3.05) is 0 Å². The normalized spacial score (nSPS) is 9.71. The first kappa shape index (κ1) is 13.8. The number of ether oxygens (including phenoxy) is 1. The summed E-state index contributed by atoms with van der Waals surface area (Å²) in [5, 5.41) is 2.09. The molecule has 17 heavy (non-hydrogen) atoms. The van der Waals surface area contributed by atoms with Crippen LogP contribution >= 0.6 is 11.3 Å². The van der Waals surface area contributed by atoms with E-state index in [0.717, 1.165) is 5.75 Å². The highest BCUT2D eigenvalue weighted by molar-refractivity contribution is 7.13. The molecule has 0 unspecified atom stereocenters. The second-order valence-electron chi connectivity index (χ2n) is 3.67. The third-order valence-electron chi connectivity index (χ3n) is 2.03. The van der Waals surface area contributed by atoms with Crippen LogP contribution < -0.4 is 4.74 Å². The molecule has 0 fully saturated rings. The van der Waals surface area contributed by atoms with Gasteiger partial charge in [0.2, 0.25) is 0 Å². The molecule has 0 saturated heterocycles. The highest BCUT2D eigenvalue weighted by Gasteiger charge is 2.00. The van der Waals surface area contributed by atoms with Crippen LogP contribution in [-0.2, 0) is 0 Å². The van der Waals surface area contributed by atoms with Crippen molar-refractivity contribution in [3.8, 4) is 16.2 Å². The highest BCUT2D eigenvalue weighted by Crippen LogP contribution is 2.26. The Kier molecular flexibility index (Phi) is 5.78. The molecule has 1 aromatic carbocycles. The molecule has 0 aliphatic carbocycles. The molecule has 1 heterocycles. The minimum atomic E-state index is 0.234. The van der Waals surface area contributed by atoms with Crippen LogP contribution in [0.2, 0.25) is 0 Å². The lowest BCUT2D eigenvalue weighted by molar-refractivity contribution is 0.242. The predicted octanol–water partition coefficient (Wildman–Crippen LogP) is 5.23. The molecule has 0 spiro atoms. The van der Waals surface area contributed by atoms with Crippen molar-refractivity contribution >= 4 is 11.3 Å². The fourth-order valence-electron chi connectivity index (χ4n) is 1.41. The summed E-state index contributed by atoms with van der Waals surface area (Å²) < 4.78 is 5.59. The Labute approximate surface area is 108 Å². The van der Waals surface area contributed by atoms with E-state index < -0.39 is 0 Å². The second-order valence-corrected chi connectivity index (χ2v) is 4.62. The van der Waals surface area contributed by atoms with E-state index in [4.69, 9.17) is 4.74 Å². The van der Waals surface area contributed by atoms with Crippen molar-refractivity contribution in [1.82, 2.24) is 0 Å². The Morgan fingerprint density at radius 2 is 1.65 bits per heavy atom.